The third-order valence-corrected chi connectivity index (χ3v) is 3.79. The van der Waals surface area contributed by atoms with Crippen LogP contribution in [0.1, 0.15) is 23.2 Å². The number of ether oxygens (including phenoxy) is 2. The van der Waals surface area contributed by atoms with Gasteiger partial charge in [0.1, 0.15) is 11.3 Å². The number of carbonyl (C=O) groups excluding carboxylic acids is 1. The zero-order chi connectivity index (χ0) is 15.5. The normalized spacial score (nSPS) is 17.3. The number of carbonyl (C=O) groups is 1. The van der Waals surface area contributed by atoms with Gasteiger partial charge in [0, 0.05) is 45.3 Å². The fourth-order valence-electron chi connectivity index (χ4n) is 2.56. The van der Waals surface area contributed by atoms with E-state index in [0.717, 1.165) is 0 Å². The van der Waals surface area contributed by atoms with Gasteiger partial charge < -0.3 is 25.2 Å². The fourth-order valence-corrected chi connectivity index (χ4v) is 2.56. The first kappa shape index (κ1) is 15.6. The van der Waals surface area contributed by atoms with Gasteiger partial charge in [-0.05, 0) is 12.1 Å². The van der Waals surface area contributed by atoms with Crippen LogP contribution in [0.5, 0.6) is 5.75 Å². The Labute approximate surface area is 124 Å². The molecule has 1 fully saturated rings. The van der Waals surface area contributed by atoms with E-state index in [1.807, 2.05) is 0 Å². The highest BCUT2D eigenvalue weighted by Crippen LogP contribution is 2.27. The van der Waals surface area contributed by atoms with Crippen molar-refractivity contribution in [3.8, 4) is 5.75 Å². The van der Waals surface area contributed by atoms with E-state index >= 15 is 0 Å². The summed E-state index contributed by atoms with van der Waals surface area (Å²) >= 11 is 0. The minimum absolute atomic E-state index is 0.243. The van der Waals surface area contributed by atoms with Crippen molar-refractivity contribution in [3.63, 3.8) is 0 Å². The van der Waals surface area contributed by atoms with Gasteiger partial charge in [-0.3, -0.25) is 4.79 Å². The first-order valence-electron chi connectivity index (χ1n) is 6.95. The van der Waals surface area contributed by atoms with Crippen molar-refractivity contribution in [3.05, 3.63) is 23.8 Å². The number of nitrogens with two attached hydrogens (primary N) is 1. The zero-order valence-electron chi connectivity index (χ0n) is 12.5. The molecule has 1 aromatic carbocycles. The molecule has 0 spiro atoms. The molecule has 0 atom stereocenters. The lowest BCUT2D eigenvalue weighted by Gasteiger charge is -2.35. The molecule has 116 valence electrons. The molecule has 1 saturated heterocycles. The Balaban J connectivity index is 2.16. The van der Waals surface area contributed by atoms with E-state index in [9.17, 15) is 9.90 Å². The van der Waals surface area contributed by atoms with Crippen molar-refractivity contribution < 1.29 is 19.4 Å². The molecule has 0 saturated carbocycles. The predicted molar refractivity (Wildman–Crippen MR) is 79.4 cm³/mol. The molecule has 1 aliphatic heterocycles. The summed E-state index contributed by atoms with van der Waals surface area (Å²) in [5.41, 5.74) is 5.69. The van der Waals surface area contributed by atoms with E-state index in [1.54, 1.807) is 25.2 Å². The maximum absolute atomic E-state index is 12.6. The average Bonchev–Trinajstić information content (AvgIpc) is 2.46. The van der Waals surface area contributed by atoms with Gasteiger partial charge in [0.25, 0.3) is 5.91 Å². The molecule has 0 unspecified atom stereocenters. The van der Waals surface area contributed by atoms with E-state index in [1.165, 1.54) is 12.0 Å². The van der Waals surface area contributed by atoms with Gasteiger partial charge >= 0.3 is 0 Å². The summed E-state index contributed by atoms with van der Waals surface area (Å²) < 4.78 is 10.4. The van der Waals surface area contributed by atoms with Crippen LogP contribution >= 0.6 is 0 Å². The first-order valence-corrected chi connectivity index (χ1v) is 6.95. The molecule has 2 rings (SSSR count). The van der Waals surface area contributed by atoms with Crippen molar-refractivity contribution in [2.75, 3.05) is 39.6 Å². The summed E-state index contributed by atoms with van der Waals surface area (Å²) in [7, 11) is 3.15. The molecule has 6 nitrogen and oxygen atoms in total. The van der Waals surface area contributed by atoms with Crippen LogP contribution in [0, 0.1) is 0 Å². The van der Waals surface area contributed by atoms with Crippen LogP contribution in [0.15, 0.2) is 18.2 Å². The number of rotatable bonds is 4. The second-order valence-electron chi connectivity index (χ2n) is 5.42. The van der Waals surface area contributed by atoms with Crippen LogP contribution in [-0.2, 0) is 4.74 Å². The van der Waals surface area contributed by atoms with Crippen LogP contribution < -0.4 is 10.5 Å². The maximum atomic E-state index is 12.6. The number of aliphatic hydroxyl groups is 1. The van der Waals surface area contributed by atoms with Crippen molar-refractivity contribution in [2.24, 2.45) is 0 Å². The summed E-state index contributed by atoms with van der Waals surface area (Å²) in [6.45, 7) is 1.26. The number of hydrogen-bond acceptors (Lipinski definition) is 5. The van der Waals surface area contributed by atoms with Crippen LogP contribution in [0.25, 0.3) is 0 Å². The molecule has 1 heterocycles. The Morgan fingerprint density at radius 2 is 2.14 bits per heavy atom. The van der Waals surface area contributed by atoms with Crippen molar-refractivity contribution in [2.45, 2.75) is 18.4 Å². The third-order valence-electron chi connectivity index (χ3n) is 3.79. The molecule has 0 bridgehead atoms. The molecule has 0 aliphatic carbocycles. The van der Waals surface area contributed by atoms with E-state index < -0.39 is 5.60 Å². The monoisotopic (exact) mass is 294 g/mol. The average molecular weight is 294 g/mol. The van der Waals surface area contributed by atoms with Gasteiger partial charge in [0.05, 0.1) is 12.7 Å². The van der Waals surface area contributed by atoms with Gasteiger partial charge in [-0.15, -0.1) is 0 Å². The maximum Gasteiger partial charge on any atom is 0.259 e. The van der Waals surface area contributed by atoms with Gasteiger partial charge in [-0.1, -0.05) is 6.07 Å². The number of anilines is 1. The Morgan fingerprint density at radius 1 is 1.48 bits per heavy atom. The molecule has 0 aromatic heterocycles. The van der Waals surface area contributed by atoms with Crippen LogP contribution in [0.2, 0.25) is 0 Å². The molecule has 1 amide bonds. The number of hydrogen-bond donors (Lipinski definition) is 2. The SMILES string of the molecule is COc1cccc(N)c1C(=O)N(C)CC1(O)CCOCC1. The summed E-state index contributed by atoms with van der Waals surface area (Å²) in [5.74, 6) is 0.177. The minimum Gasteiger partial charge on any atom is -0.496 e. The lowest BCUT2D eigenvalue weighted by atomic mass is 9.93. The van der Waals surface area contributed by atoms with Gasteiger partial charge in [-0.2, -0.15) is 0 Å². The number of benzene rings is 1. The lowest BCUT2D eigenvalue weighted by molar-refractivity contribution is -0.0734. The first-order chi connectivity index (χ1) is 9.97. The Bertz CT molecular complexity index is 512. The standard InChI is InChI=1S/C15H22N2O4/c1-17(10-15(19)6-8-21-9-7-15)14(18)13-11(16)4-3-5-12(13)20-2/h3-5,19H,6-10,16H2,1-2H3. The Hall–Kier alpha value is -1.79. The zero-order valence-corrected chi connectivity index (χ0v) is 12.5. The highest BCUT2D eigenvalue weighted by atomic mass is 16.5. The number of amides is 1. The van der Waals surface area contributed by atoms with E-state index in [4.69, 9.17) is 15.2 Å². The molecule has 21 heavy (non-hydrogen) atoms. The number of likely N-dealkylation sites (N-methyl/N-ethyl adjacent to an activating group) is 1. The Kier molecular flexibility index (Phi) is 4.69. The van der Waals surface area contributed by atoms with Crippen molar-refractivity contribution >= 4 is 11.6 Å². The highest BCUT2D eigenvalue weighted by molar-refractivity contribution is 6.01. The predicted octanol–water partition coefficient (Wildman–Crippen LogP) is 0.891. The smallest absolute Gasteiger partial charge is 0.259 e. The van der Waals surface area contributed by atoms with Gasteiger partial charge in [-0.25, -0.2) is 0 Å². The van der Waals surface area contributed by atoms with Crippen LogP contribution in [0.4, 0.5) is 5.69 Å². The molecular weight excluding hydrogens is 272 g/mol. The molecule has 6 heteroatoms. The third kappa shape index (κ3) is 3.46. The van der Waals surface area contributed by atoms with Crippen LogP contribution in [-0.4, -0.2) is 55.4 Å². The summed E-state index contributed by atoms with van der Waals surface area (Å²) in [6.07, 6.45) is 1.04. The number of nitrogens with zero attached hydrogens (tertiary/aromatic N) is 1. The molecular formula is C15H22N2O4. The second-order valence-corrected chi connectivity index (χ2v) is 5.42. The highest BCUT2D eigenvalue weighted by Gasteiger charge is 2.33. The molecule has 0 radical (unpaired) electrons. The van der Waals surface area contributed by atoms with Crippen molar-refractivity contribution in [1.29, 1.82) is 0 Å². The molecule has 1 aromatic rings. The minimum atomic E-state index is -0.903. The van der Waals surface area contributed by atoms with E-state index in [2.05, 4.69) is 0 Å². The van der Waals surface area contributed by atoms with Crippen LogP contribution in [0.3, 0.4) is 0 Å². The number of nitrogen functional groups attached to an aromatic ring is 1. The van der Waals surface area contributed by atoms with E-state index in [-0.39, 0.29) is 12.5 Å². The summed E-state index contributed by atoms with van der Waals surface area (Å²) in [5, 5.41) is 10.5. The summed E-state index contributed by atoms with van der Waals surface area (Å²) in [4.78, 5) is 14.1. The van der Waals surface area contributed by atoms with Gasteiger partial charge in [0.2, 0.25) is 0 Å². The summed E-state index contributed by atoms with van der Waals surface area (Å²) in [6, 6.07) is 5.09. The fraction of sp³-hybridized carbons (Fsp3) is 0.533. The molecule has 1 aliphatic rings. The number of methoxy groups -OCH3 is 1. The van der Waals surface area contributed by atoms with Crippen molar-refractivity contribution in [1.82, 2.24) is 4.90 Å². The Morgan fingerprint density at radius 3 is 2.76 bits per heavy atom. The topological polar surface area (TPSA) is 85.0 Å². The molecule has 3 N–H and O–H groups in total. The van der Waals surface area contributed by atoms with E-state index in [0.29, 0.717) is 43.1 Å². The van der Waals surface area contributed by atoms with Gasteiger partial charge in [0.15, 0.2) is 0 Å². The second kappa shape index (κ2) is 6.32. The largest absolute Gasteiger partial charge is 0.496 e. The lowest BCUT2D eigenvalue weighted by Crippen LogP contribution is -2.47. The quantitative estimate of drug-likeness (QED) is 0.806.